The molecule has 1 aliphatic heterocycles. The van der Waals surface area contributed by atoms with E-state index in [1.54, 1.807) is 0 Å². The summed E-state index contributed by atoms with van der Waals surface area (Å²) in [5.74, 6) is 0.980. The summed E-state index contributed by atoms with van der Waals surface area (Å²) < 4.78 is 5.33. The number of hydrogen-bond acceptors (Lipinski definition) is 3. The van der Waals surface area contributed by atoms with Gasteiger partial charge in [0.1, 0.15) is 11.4 Å². The Bertz CT molecular complexity index is 301. The molecule has 1 unspecified atom stereocenters. The summed E-state index contributed by atoms with van der Waals surface area (Å²) in [5, 5.41) is 0. The molecule has 2 rings (SSSR count). The summed E-state index contributed by atoms with van der Waals surface area (Å²) in [6, 6.07) is 4.09. The summed E-state index contributed by atoms with van der Waals surface area (Å²) in [5.41, 5.74) is 1.11. The summed E-state index contributed by atoms with van der Waals surface area (Å²) in [6.07, 6.45) is 1.89. The molecule has 1 saturated heterocycles. The van der Waals surface area contributed by atoms with Gasteiger partial charge in [0, 0.05) is 25.9 Å². The lowest BCUT2D eigenvalue weighted by Gasteiger charge is -2.12. The van der Waals surface area contributed by atoms with Crippen molar-refractivity contribution in [1.29, 1.82) is 0 Å². The number of pyridine rings is 1. The molecule has 0 spiro atoms. The third-order valence-electron chi connectivity index (χ3n) is 2.39. The van der Waals surface area contributed by atoms with Crippen molar-refractivity contribution in [3.05, 3.63) is 23.9 Å². The van der Waals surface area contributed by atoms with E-state index in [2.05, 4.69) is 18.0 Å². The highest BCUT2D eigenvalue weighted by Crippen LogP contribution is 2.37. The van der Waals surface area contributed by atoms with Gasteiger partial charge in [0.15, 0.2) is 0 Å². The molecular weight excluding hydrogens is 164 g/mol. The standard InChI is InChI=1S/C10H14N2O/c1-10(7-13-10)8-4-5-9(11-6-8)12(2)3/h4-6H,7H2,1-3H3. The van der Waals surface area contributed by atoms with Crippen LogP contribution in [0.15, 0.2) is 18.3 Å². The molecule has 0 amide bonds. The van der Waals surface area contributed by atoms with Crippen LogP contribution in [-0.4, -0.2) is 25.7 Å². The summed E-state index contributed by atoms with van der Waals surface area (Å²) in [4.78, 5) is 6.32. The number of nitrogens with zero attached hydrogens (tertiary/aromatic N) is 2. The third-order valence-corrected chi connectivity index (χ3v) is 2.39. The van der Waals surface area contributed by atoms with E-state index in [1.165, 1.54) is 0 Å². The smallest absolute Gasteiger partial charge is 0.127 e. The van der Waals surface area contributed by atoms with Gasteiger partial charge < -0.3 is 9.64 Å². The maximum Gasteiger partial charge on any atom is 0.127 e. The Morgan fingerprint density at radius 2 is 2.15 bits per heavy atom. The van der Waals surface area contributed by atoms with Crippen molar-refractivity contribution in [3.63, 3.8) is 0 Å². The minimum atomic E-state index is -0.0577. The van der Waals surface area contributed by atoms with Gasteiger partial charge in [-0.05, 0) is 13.0 Å². The van der Waals surface area contributed by atoms with Crippen molar-refractivity contribution in [2.24, 2.45) is 0 Å². The number of ether oxygens (including phenoxy) is 1. The van der Waals surface area contributed by atoms with Crippen molar-refractivity contribution < 1.29 is 4.74 Å². The van der Waals surface area contributed by atoms with Gasteiger partial charge in [-0.1, -0.05) is 6.07 Å². The minimum absolute atomic E-state index is 0.0577. The molecule has 70 valence electrons. The molecule has 0 aromatic carbocycles. The maximum atomic E-state index is 5.33. The van der Waals surface area contributed by atoms with Gasteiger partial charge in [-0.3, -0.25) is 0 Å². The second-order valence-electron chi connectivity index (χ2n) is 3.82. The van der Waals surface area contributed by atoms with E-state index in [4.69, 9.17) is 4.74 Å². The van der Waals surface area contributed by atoms with Crippen LogP contribution < -0.4 is 4.90 Å². The van der Waals surface area contributed by atoms with Crippen molar-refractivity contribution in [1.82, 2.24) is 4.98 Å². The molecule has 3 heteroatoms. The zero-order chi connectivity index (χ0) is 9.47. The van der Waals surface area contributed by atoms with Gasteiger partial charge in [-0.2, -0.15) is 0 Å². The average molecular weight is 178 g/mol. The second kappa shape index (κ2) is 2.70. The monoisotopic (exact) mass is 178 g/mol. The largest absolute Gasteiger partial charge is 0.365 e. The Morgan fingerprint density at radius 3 is 2.54 bits per heavy atom. The fourth-order valence-corrected chi connectivity index (χ4v) is 1.24. The molecule has 0 radical (unpaired) electrons. The van der Waals surface area contributed by atoms with Crippen LogP contribution in [0.5, 0.6) is 0 Å². The van der Waals surface area contributed by atoms with Gasteiger partial charge in [0.2, 0.25) is 0 Å². The van der Waals surface area contributed by atoms with Gasteiger partial charge >= 0.3 is 0 Å². The molecule has 0 bridgehead atoms. The number of anilines is 1. The van der Waals surface area contributed by atoms with E-state index >= 15 is 0 Å². The first kappa shape index (κ1) is 8.51. The fourth-order valence-electron chi connectivity index (χ4n) is 1.24. The molecule has 1 fully saturated rings. The highest BCUT2D eigenvalue weighted by molar-refractivity contribution is 5.39. The molecule has 0 aliphatic carbocycles. The van der Waals surface area contributed by atoms with Crippen molar-refractivity contribution in [2.75, 3.05) is 25.6 Å². The fraction of sp³-hybridized carbons (Fsp3) is 0.500. The van der Waals surface area contributed by atoms with Crippen LogP contribution >= 0.6 is 0 Å². The van der Waals surface area contributed by atoms with E-state index in [-0.39, 0.29) is 5.60 Å². The topological polar surface area (TPSA) is 28.7 Å². The molecule has 0 saturated carbocycles. The lowest BCUT2D eigenvalue weighted by Crippen LogP contribution is -2.11. The van der Waals surface area contributed by atoms with Crippen molar-refractivity contribution in [3.8, 4) is 0 Å². The number of hydrogen-bond donors (Lipinski definition) is 0. The normalized spacial score (nSPS) is 25.8. The van der Waals surface area contributed by atoms with Crippen molar-refractivity contribution >= 4 is 5.82 Å². The van der Waals surface area contributed by atoms with E-state index in [0.717, 1.165) is 18.0 Å². The summed E-state index contributed by atoms with van der Waals surface area (Å²) >= 11 is 0. The molecule has 1 aromatic heterocycles. The molecule has 1 aliphatic rings. The van der Waals surface area contributed by atoms with Crippen LogP contribution in [0.25, 0.3) is 0 Å². The zero-order valence-electron chi connectivity index (χ0n) is 8.24. The predicted molar refractivity (Wildman–Crippen MR) is 51.9 cm³/mol. The third kappa shape index (κ3) is 1.52. The van der Waals surface area contributed by atoms with Gasteiger partial charge in [-0.15, -0.1) is 0 Å². The lowest BCUT2D eigenvalue weighted by atomic mass is 10.1. The molecule has 0 N–H and O–H groups in total. The Hall–Kier alpha value is -1.09. The molecule has 2 heterocycles. The number of aromatic nitrogens is 1. The van der Waals surface area contributed by atoms with E-state index in [9.17, 15) is 0 Å². The first-order chi connectivity index (χ1) is 6.12. The average Bonchev–Trinajstić information content (AvgIpc) is 2.85. The molecule has 1 aromatic rings. The Balaban J connectivity index is 2.24. The van der Waals surface area contributed by atoms with Crippen LogP contribution in [0.1, 0.15) is 12.5 Å². The van der Waals surface area contributed by atoms with Crippen LogP contribution in [0.3, 0.4) is 0 Å². The van der Waals surface area contributed by atoms with E-state index in [1.807, 2.05) is 31.3 Å². The van der Waals surface area contributed by atoms with E-state index < -0.39 is 0 Å². The Labute approximate surface area is 78.3 Å². The first-order valence-corrected chi connectivity index (χ1v) is 4.40. The molecule has 3 nitrogen and oxygen atoms in total. The van der Waals surface area contributed by atoms with Gasteiger partial charge in [-0.25, -0.2) is 4.98 Å². The van der Waals surface area contributed by atoms with Gasteiger partial charge in [0.25, 0.3) is 0 Å². The number of rotatable bonds is 2. The molecule has 13 heavy (non-hydrogen) atoms. The molecule has 1 atom stereocenters. The Morgan fingerprint density at radius 1 is 1.46 bits per heavy atom. The van der Waals surface area contributed by atoms with Gasteiger partial charge in [0.05, 0.1) is 6.61 Å². The number of epoxide rings is 1. The highest BCUT2D eigenvalue weighted by atomic mass is 16.6. The first-order valence-electron chi connectivity index (χ1n) is 4.40. The SMILES string of the molecule is CN(C)c1ccc(C2(C)CO2)cn1. The summed E-state index contributed by atoms with van der Waals surface area (Å²) in [6.45, 7) is 2.90. The highest BCUT2D eigenvalue weighted by Gasteiger charge is 2.41. The lowest BCUT2D eigenvalue weighted by molar-refractivity contribution is 0.329. The Kier molecular flexibility index (Phi) is 1.77. The zero-order valence-corrected chi connectivity index (χ0v) is 8.24. The molecular formula is C10H14N2O. The van der Waals surface area contributed by atoms with Crippen LogP contribution in [-0.2, 0) is 10.3 Å². The minimum Gasteiger partial charge on any atom is -0.365 e. The van der Waals surface area contributed by atoms with Crippen LogP contribution in [0, 0.1) is 0 Å². The maximum absolute atomic E-state index is 5.33. The van der Waals surface area contributed by atoms with E-state index in [0.29, 0.717) is 0 Å². The van der Waals surface area contributed by atoms with Crippen LogP contribution in [0.4, 0.5) is 5.82 Å². The predicted octanol–water partition coefficient (Wildman–Crippen LogP) is 1.39. The quantitative estimate of drug-likeness (QED) is 0.641. The second-order valence-corrected chi connectivity index (χ2v) is 3.82. The summed E-state index contributed by atoms with van der Waals surface area (Å²) in [7, 11) is 3.97. The van der Waals surface area contributed by atoms with Crippen LogP contribution in [0.2, 0.25) is 0 Å². The van der Waals surface area contributed by atoms with Crippen molar-refractivity contribution in [2.45, 2.75) is 12.5 Å².